The van der Waals surface area contributed by atoms with Gasteiger partial charge in [0.15, 0.2) is 5.78 Å². The Kier molecular flexibility index (Phi) is 2.81. The van der Waals surface area contributed by atoms with E-state index in [1.54, 1.807) is 0 Å². The maximum absolute atomic E-state index is 11.4. The van der Waals surface area contributed by atoms with Gasteiger partial charge < -0.3 is 0 Å². The van der Waals surface area contributed by atoms with E-state index in [2.05, 4.69) is 26.0 Å². The summed E-state index contributed by atoms with van der Waals surface area (Å²) in [7, 11) is 0. The van der Waals surface area contributed by atoms with Crippen molar-refractivity contribution >= 4 is 5.78 Å². The standard InChI is InChI=1S/C14H20O/c1-14(2,11-6-3-4-7-11)12-8-5-9-13(15)10-12/h3-4,10-11H,5-9H2,1-2H3. The minimum Gasteiger partial charge on any atom is -0.295 e. The Morgan fingerprint density at radius 3 is 2.47 bits per heavy atom. The lowest BCUT2D eigenvalue weighted by Gasteiger charge is -2.36. The van der Waals surface area contributed by atoms with Crippen LogP contribution in [0.3, 0.4) is 0 Å². The van der Waals surface area contributed by atoms with Gasteiger partial charge in [-0.1, -0.05) is 31.6 Å². The fraction of sp³-hybridized carbons (Fsp3) is 0.643. The van der Waals surface area contributed by atoms with E-state index < -0.39 is 0 Å². The molecule has 0 aromatic rings. The molecule has 0 bridgehead atoms. The summed E-state index contributed by atoms with van der Waals surface area (Å²) in [6.45, 7) is 4.60. The number of ketones is 1. The summed E-state index contributed by atoms with van der Waals surface area (Å²) < 4.78 is 0. The Balaban J connectivity index is 2.16. The van der Waals surface area contributed by atoms with Crippen molar-refractivity contribution < 1.29 is 4.79 Å². The predicted octanol–water partition coefficient (Wildman–Crippen LogP) is 3.66. The molecule has 0 saturated carbocycles. The molecule has 15 heavy (non-hydrogen) atoms. The Labute approximate surface area is 92.3 Å². The van der Waals surface area contributed by atoms with Gasteiger partial charge in [0.2, 0.25) is 0 Å². The van der Waals surface area contributed by atoms with Crippen LogP contribution in [0.2, 0.25) is 0 Å². The summed E-state index contributed by atoms with van der Waals surface area (Å²) in [6.07, 6.45) is 11.8. The second-order valence-corrected chi connectivity index (χ2v) is 5.35. The van der Waals surface area contributed by atoms with Gasteiger partial charge in [-0.05, 0) is 43.1 Å². The summed E-state index contributed by atoms with van der Waals surface area (Å²) in [6, 6.07) is 0. The highest BCUT2D eigenvalue weighted by Crippen LogP contribution is 2.44. The third-order valence-electron chi connectivity index (χ3n) is 4.06. The zero-order valence-corrected chi connectivity index (χ0v) is 9.75. The van der Waals surface area contributed by atoms with Gasteiger partial charge in [-0.15, -0.1) is 0 Å². The van der Waals surface area contributed by atoms with Crippen LogP contribution in [0.15, 0.2) is 23.8 Å². The van der Waals surface area contributed by atoms with Crippen LogP contribution in [0.25, 0.3) is 0 Å². The van der Waals surface area contributed by atoms with Crippen LogP contribution in [0.4, 0.5) is 0 Å². The van der Waals surface area contributed by atoms with Gasteiger partial charge in [0.25, 0.3) is 0 Å². The van der Waals surface area contributed by atoms with E-state index in [4.69, 9.17) is 0 Å². The molecule has 1 heteroatoms. The second-order valence-electron chi connectivity index (χ2n) is 5.35. The summed E-state index contributed by atoms with van der Waals surface area (Å²) in [5.74, 6) is 1.03. The fourth-order valence-corrected chi connectivity index (χ4v) is 2.77. The summed E-state index contributed by atoms with van der Waals surface area (Å²) in [5, 5.41) is 0. The van der Waals surface area contributed by atoms with Crippen molar-refractivity contribution in [2.24, 2.45) is 11.3 Å². The molecule has 0 aromatic heterocycles. The Morgan fingerprint density at radius 2 is 1.87 bits per heavy atom. The van der Waals surface area contributed by atoms with Crippen LogP contribution in [0.5, 0.6) is 0 Å². The number of allylic oxidation sites excluding steroid dienone is 4. The number of carbonyl (C=O) groups excluding carboxylic acids is 1. The average Bonchev–Trinajstić information content (AvgIpc) is 2.71. The van der Waals surface area contributed by atoms with Crippen molar-refractivity contribution in [1.29, 1.82) is 0 Å². The fourth-order valence-electron chi connectivity index (χ4n) is 2.77. The van der Waals surface area contributed by atoms with Crippen LogP contribution < -0.4 is 0 Å². The zero-order valence-electron chi connectivity index (χ0n) is 9.75. The lowest BCUT2D eigenvalue weighted by atomic mass is 9.69. The topological polar surface area (TPSA) is 17.1 Å². The summed E-state index contributed by atoms with van der Waals surface area (Å²) in [5.41, 5.74) is 1.59. The zero-order chi connectivity index (χ0) is 10.9. The van der Waals surface area contributed by atoms with Gasteiger partial charge in [0, 0.05) is 6.42 Å². The monoisotopic (exact) mass is 204 g/mol. The molecule has 0 radical (unpaired) electrons. The van der Waals surface area contributed by atoms with E-state index >= 15 is 0 Å². The Hall–Kier alpha value is -0.850. The Morgan fingerprint density at radius 1 is 1.20 bits per heavy atom. The van der Waals surface area contributed by atoms with Crippen LogP contribution in [-0.2, 0) is 4.79 Å². The maximum Gasteiger partial charge on any atom is 0.155 e. The first-order valence-electron chi connectivity index (χ1n) is 5.99. The van der Waals surface area contributed by atoms with Gasteiger partial charge in [0.05, 0.1) is 0 Å². The van der Waals surface area contributed by atoms with Crippen LogP contribution in [-0.4, -0.2) is 5.78 Å². The number of carbonyl (C=O) groups is 1. The molecule has 0 fully saturated rings. The maximum atomic E-state index is 11.4. The molecule has 0 amide bonds. The van der Waals surface area contributed by atoms with E-state index in [1.807, 2.05) is 6.08 Å². The molecule has 2 aliphatic carbocycles. The smallest absolute Gasteiger partial charge is 0.155 e. The molecular formula is C14H20O. The molecule has 0 atom stereocenters. The first-order chi connectivity index (χ1) is 7.10. The summed E-state index contributed by atoms with van der Waals surface area (Å²) >= 11 is 0. The third kappa shape index (κ3) is 2.06. The van der Waals surface area contributed by atoms with E-state index in [0.717, 1.165) is 19.3 Å². The number of hydrogen-bond acceptors (Lipinski definition) is 1. The average molecular weight is 204 g/mol. The molecule has 1 nitrogen and oxygen atoms in total. The van der Waals surface area contributed by atoms with Gasteiger partial charge >= 0.3 is 0 Å². The normalized spacial score (nSPS) is 23.3. The number of hydrogen-bond donors (Lipinski definition) is 0. The highest BCUT2D eigenvalue weighted by atomic mass is 16.1. The molecular weight excluding hydrogens is 184 g/mol. The SMILES string of the molecule is CC(C)(C1=CC(=O)CCC1)C1CC=CC1. The van der Waals surface area contributed by atoms with E-state index in [0.29, 0.717) is 11.7 Å². The lowest BCUT2D eigenvalue weighted by molar-refractivity contribution is -0.115. The quantitative estimate of drug-likeness (QED) is 0.627. The van der Waals surface area contributed by atoms with Crippen molar-refractivity contribution in [3.8, 4) is 0 Å². The van der Waals surface area contributed by atoms with Gasteiger partial charge in [-0.25, -0.2) is 0 Å². The van der Waals surface area contributed by atoms with Crippen molar-refractivity contribution in [3.05, 3.63) is 23.8 Å². The molecule has 0 aliphatic heterocycles. The minimum atomic E-state index is 0.208. The van der Waals surface area contributed by atoms with Gasteiger partial charge in [-0.2, -0.15) is 0 Å². The minimum absolute atomic E-state index is 0.208. The lowest BCUT2D eigenvalue weighted by Crippen LogP contribution is -2.26. The van der Waals surface area contributed by atoms with Crippen molar-refractivity contribution in [3.63, 3.8) is 0 Å². The van der Waals surface area contributed by atoms with E-state index in [-0.39, 0.29) is 5.41 Å². The van der Waals surface area contributed by atoms with Gasteiger partial charge in [-0.3, -0.25) is 4.79 Å². The van der Waals surface area contributed by atoms with E-state index in [1.165, 1.54) is 18.4 Å². The second kappa shape index (κ2) is 3.96. The van der Waals surface area contributed by atoms with Crippen molar-refractivity contribution in [2.75, 3.05) is 0 Å². The largest absolute Gasteiger partial charge is 0.295 e. The van der Waals surface area contributed by atoms with E-state index in [9.17, 15) is 4.79 Å². The van der Waals surface area contributed by atoms with Crippen molar-refractivity contribution in [1.82, 2.24) is 0 Å². The predicted molar refractivity (Wildman–Crippen MR) is 62.6 cm³/mol. The molecule has 0 saturated heterocycles. The molecule has 0 spiro atoms. The van der Waals surface area contributed by atoms with Gasteiger partial charge in [0.1, 0.15) is 0 Å². The molecule has 0 aromatic carbocycles. The highest BCUT2D eigenvalue weighted by Gasteiger charge is 2.34. The molecule has 0 N–H and O–H groups in total. The van der Waals surface area contributed by atoms with Crippen LogP contribution in [0.1, 0.15) is 46.0 Å². The van der Waals surface area contributed by atoms with Crippen molar-refractivity contribution in [2.45, 2.75) is 46.0 Å². The van der Waals surface area contributed by atoms with Crippen LogP contribution in [0, 0.1) is 11.3 Å². The van der Waals surface area contributed by atoms with Crippen LogP contribution >= 0.6 is 0 Å². The first-order valence-corrected chi connectivity index (χ1v) is 5.99. The summed E-state index contributed by atoms with van der Waals surface area (Å²) in [4.78, 5) is 11.4. The molecule has 2 rings (SSSR count). The Bertz CT molecular complexity index is 312. The number of rotatable bonds is 2. The first kappa shape index (κ1) is 10.7. The molecule has 82 valence electrons. The molecule has 0 unspecified atom stereocenters. The molecule has 2 aliphatic rings. The molecule has 0 heterocycles. The highest BCUT2D eigenvalue weighted by molar-refractivity contribution is 5.91. The third-order valence-corrected chi connectivity index (χ3v) is 4.06.